The van der Waals surface area contributed by atoms with Crippen LogP contribution in [-0.4, -0.2) is 24.7 Å². The molecule has 2 atom stereocenters. The molecule has 1 aliphatic carbocycles. The number of ether oxygens (including phenoxy) is 1. The molecule has 1 fully saturated rings. The van der Waals surface area contributed by atoms with E-state index < -0.39 is 0 Å². The molecular weight excluding hydrogens is 310 g/mol. The van der Waals surface area contributed by atoms with E-state index in [1.54, 1.807) is 7.11 Å². The van der Waals surface area contributed by atoms with Gasteiger partial charge in [-0.25, -0.2) is 0 Å². The molecule has 1 aromatic heterocycles. The quantitative estimate of drug-likeness (QED) is 0.723. The highest BCUT2D eigenvalue weighted by Crippen LogP contribution is 2.43. The van der Waals surface area contributed by atoms with Crippen molar-refractivity contribution in [2.45, 2.75) is 24.8 Å². The van der Waals surface area contributed by atoms with Gasteiger partial charge in [-0.15, -0.1) is 0 Å². The Bertz CT molecular complexity index is 920. The summed E-state index contributed by atoms with van der Waals surface area (Å²) < 4.78 is 5.19. The first-order valence-electron chi connectivity index (χ1n) is 8.66. The van der Waals surface area contributed by atoms with Crippen LogP contribution in [-0.2, 0) is 6.42 Å². The Labute approximate surface area is 147 Å². The van der Waals surface area contributed by atoms with E-state index in [0.717, 1.165) is 36.2 Å². The second-order valence-corrected chi connectivity index (χ2v) is 6.62. The molecule has 4 heteroatoms. The van der Waals surface area contributed by atoms with Crippen molar-refractivity contribution >= 4 is 10.9 Å². The van der Waals surface area contributed by atoms with E-state index in [-0.39, 0.29) is 0 Å². The topological polar surface area (TPSA) is 60.8 Å². The van der Waals surface area contributed by atoms with E-state index >= 15 is 0 Å². The predicted molar refractivity (Wildman–Crippen MR) is 98.9 cm³/mol. The van der Waals surface area contributed by atoms with Gasteiger partial charge in [0, 0.05) is 29.1 Å². The Hall–Kier alpha value is -2.77. The second-order valence-electron chi connectivity index (χ2n) is 6.62. The van der Waals surface area contributed by atoms with Gasteiger partial charge in [-0.3, -0.25) is 0 Å². The Kier molecular flexibility index (Phi) is 4.17. The molecule has 0 spiro atoms. The van der Waals surface area contributed by atoms with Crippen molar-refractivity contribution in [3.8, 4) is 11.8 Å². The maximum absolute atomic E-state index is 9.11. The van der Waals surface area contributed by atoms with Gasteiger partial charge >= 0.3 is 0 Å². The predicted octanol–water partition coefficient (Wildman–Crippen LogP) is 3.74. The van der Waals surface area contributed by atoms with Crippen LogP contribution in [0.15, 0.2) is 48.7 Å². The molecule has 3 aromatic rings. The maximum atomic E-state index is 9.11. The summed E-state index contributed by atoms with van der Waals surface area (Å²) in [6.07, 6.45) is 4.27. The molecule has 0 unspecified atom stereocenters. The molecular formula is C21H21N3O. The first-order chi connectivity index (χ1) is 12.3. The van der Waals surface area contributed by atoms with E-state index in [2.05, 4.69) is 34.7 Å². The first kappa shape index (κ1) is 15.7. The second kappa shape index (κ2) is 6.62. The fourth-order valence-corrected chi connectivity index (χ4v) is 3.48. The molecule has 0 radical (unpaired) electrons. The van der Waals surface area contributed by atoms with Crippen LogP contribution in [0.25, 0.3) is 10.9 Å². The van der Waals surface area contributed by atoms with E-state index in [4.69, 9.17) is 10.00 Å². The van der Waals surface area contributed by atoms with Crippen molar-refractivity contribution in [1.82, 2.24) is 10.3 Å². The summed E-state index contributed by atoms with van der Waals surface area (Å²) in [6.45, 7) is 0.972. The van der Waals surface area contributed by atoms with Gasteiger partial charge in [0.1, 0.15) is 5.75 Å². The van der Waals surface area contributed by atoms with Crippen molar-refractivity contribution in [3.05, 3.63) is 65.4 Å². The molecule has 2 N–H and O–H groups in total. The number of fused-ring (bicyclic) bond motifs is 1. The van der Waals surface area contributed by atoms with E-state index in [9.17, 15) is 0 Å². The molecule has 0 aliphatic heterocycles. The molecule has 0 bridgehead atoms. The molecule has 4 rings (SSSR count). The van der Waals surface area contributed by atoms with Gasteiger partial charge in [-0.2, -0.15) is 5.26 Å². The van der Waals surface area contributed by atoms with Crippen molar-refractivity contribution in [2.75, 3.05) is 13.7 Å². The summed E-state index contributed by atoms with van der Waals surface area (Å²) >= 11 is 0. The molecule has 126 valence electrons. The lowest BCUT2D eigenvalue weighted by atomic mass is 10.1. The summed E-state index contributed by atoms with van der Waals surface area (Å²) in [6, 6.07) is 16.9. The highest BCUT2D eigenvalue weighted by molar-refractivity contribution is 5.85. The number of nitriles is 1. The van der Waals surface area contributed by atoms with Gasteiger partial charge < -0.3 is 15.0 Å². The van der Waals surface area contributed by atoms with Crippen LogP contribution in [0.4, 0.5) is 0 Å². The minimum atomic E-state index is 0.531. The largest absolute Gasteiger partial charge is 0.497 e. The zero-order valence-electron chi connectivity index (χ0n) is 14.3. The highest BCUT2D eigenvalue weighted by Gasteiger charge is 2.39. The molecule has 0 saturated heterocycles. The number of methoxy groups -OCH3 is 1. The normalized spacial score (nSPS) is 18.9. The molecule has 4 nitrogen and oxygen atoms in total. The maximum Gasteiger partial charge on any atom is 0.118 e. The lowest BCUT2D eigenvalue weighted by molar-refractivity contribution is 0.414. The van der Waals surface area contributed by atoms with Crippen LogP contribution in [0.3, 0.4) is 0 Å². The zero-order valence-corrected chi connectivity index (χ0v) is 14.3. The Morgan fingerprint density at radius 3 is 2.84 bits per heavy atom. The number of nitrogens with one attached hydrogen (secondary N) is 2. The number of hydrogen-bond acceptors (Lipinski definition) is 3. The van der Waals surface area contributed by atoms with Crippen LogP contribution in [0.1, 0.15) is 29.0 Å². The summed E-state index contributed by atoms with van der Waals surface area (Å²) in [4.78, 5) is 3.33. The minimum Gasteiger partial charge on any atom is -0.497 e. The smallest absolute Gasteiger partial charge is 0.118 e. The summed E-state index contributed by atoms with van der Waals surface area (Å²) in [7, 11) is 1.69. The minimum absolute atomic E-state index is 0.531. The zero-order chi connectivity index (χ0) is 17.2. The van der Waals surface area contributed by atoms with Crippen molar-refractivity contribution < 1.29 is 4.74 Å². The molecule has 1 saturated carbocycles. The SMILES string of the molecule is COc1ccc(CCN[C@@H]2C[C@H]2c2c[nH]c3ccc(C#N)cc23)cc1. The Morgan fingerprint density at radius 2 is 2.08 bits per heavy atom. The summed E-state index contributed by atoms with van der Waals surface area (Å²) in [5.41, 5.74) is 4.47. The monoisotopic (exact) mass is 331 g/mol. The van der Waals surface area contributed by atoms with Gasteiger partial charge in [0.05, 0.1) is 18.7 Å². The number of nitrogens with zero attached hydrogens (tertiary/aromatic N) is 1. The number of H-pyrrole nitrogens is 1. The summed E-state index contributed by atoms with van der Waals surface area (Å²) in [5.74, 6) is 1.44. The molecule has 0 amide bonds. The number of aromatic amines is 1. The Morgan fingerprint density at radius 1 is 1.24 bits per heavy atom. The van der Waals surface area contributed by atoms with Crippen LogP contribution >= 0.6 is 0 Å². The third kappa shape index (κ3) is 3.24. The van der Waals surface area contributed by atoms with Crippen molar-refractivity contribution in [1.29, 1.82) is 5.26 Å². The number of benzene rings is 2. The van der Waals surface area contributed by atoms with E-state index in [0.29, 0.717) is 12.0 Å². The van der Waals surface area contributed by atoms with Crippen LogP contribution < -0.4 is 10.1 Å². The van der Waals surface area contributed by atoms with Crippen LogP contribution in [0, 0.1) is 11.3 Å². The average molecular weight is 331 g/mol. The number of aromatic nitrogens is 1. The van der Waals surface area contributed by atoms with Gasteiger partial charge in [-0.05, 0) is 60.8 Å². The Balaban J connectivity index is 1.35. The molecule has 1 heterocycles. The van der Waals surface area contributed by atoms with E-state index in [1.165, 1.54) is 16.5 Å². The average Bonchev–Trinajstić information content (AvgIpc) is 3.30. The third-order valence-corrected chi connectivity index (χ3v) is 5.01. The summed E-state index contributed by atoms with van der Waals surface area (Å²) in [5, 5.41) is 13.9. The highest BCUT2D eigenvalue weighted by atomic mass is 16.5. The van der Waals surface area contributed by atoms with Gasteiger partial charge in [0.25, 0.3) is 0 Å². The van der Waals surface area contributed by atoms with Crippen molar-refractivity contribution in [3.63, 3.8) is 0 Å². The van der Waals surface area contributed by atoms with Gasteiger partial charge in [0.15, 0.2) is 0 Å². The molecule has 1 aliphatic rings. The fourth-order valence-electron chi connectivity index (χ4n) is 3.48. The van der Waals surface area contributed by atoms with Crippen LogP contribution in [0.5, 0.6) is 5.75 Å². The lowest BCUT2D eigenvalue weighted by Gasteiger charge is -2.06. The van der Waals surface area contributed by atoms with Crippen molar-refractivity contribution in [2.24, 2.45) is 0 Å². The lowest BCUT2D eigenvalue weighted by Crippen LogP contribution is -2.20. The van der Waals surface area contributed by atoms with Gasteiger partial charge in [0.2, 0.25) is 0 Å². The van der Waals surface area contributed by atoms with Gasteiger partial charge in [-0.1, -0.05) is 12.1 Å². The standard InChI is InChI=1S/C21H21N3O/c1-25-16-5-2-14(3-6-16)8-9-23-21-11-18(21)19-13-24-20-7-4-15(12-22)10-17(19)20/h2-7,10,13,18,21,23-24H,8-9,11H2,1H3/t18-,21+/m0/s1. The number of rotatable bonds is 6. The van der Waals surface area contributed by atoms with Crippen LogP contribution in [0.2, 0.25) is 0 Å². The fraction of sp³-hybridized carbons (Fsp3) is 0.286. The third-order valence-electron chi connectivity index (χ3n) is 5.01. The first-order valence-corrected chi connectivity index (χ1v) is 8.66. The molecule has 2 aromatic carbocycles. The molecule has 25 heavy (non-hydrogen) atoms. The van der Waals surface area contributed by atoms with E-state index in [1.807, 2.05) is 30.3 Å². The number of hydrogen-bond donors (Lipinski definition) is 2.